The van der Waals surface area contributed by atoms with Gasteiger partial charge in [-0.05, 0) is 26.2 Å². The zero-order chi connectivity index (χ0) is 18.5. The molecule has 9 nitrogen and oxygen atoms in total. The highest BCUT2D eigenvalue weighted by molar-refractivity contribution is 5.79. The molecule has 0 aliphatic rings. The number of aliphatic imine (C=N–C) groups is 1. The van der Waals surface area contributed by atoms with Crippen molar-refractivity contribution in [2.45, 2.75) is 12.6 Å². The molecule has 0 aliphatic heterocycles. The molecule has 0 radical (unpaired) electrons. The summed E-state index contributed by atoms with van der Waals surface area (Å²) >= 11 is 0. The predicted molar refractivity (Wildman–Crippen MR) is 101 cm³/mol. The molecule has 0 spiro atoms. The highest BCUT2D eigenvalue weighted by Crippen LogP contribution is 2.16. The van der Waals surface area contributed by atoms with E-state index < -0.39 is 0 Å². The highest BCUT2D eigenvalue weighted by Gasteiger charge is 2.16. The molecule has 26 heavy (non-hydrogen) atoms. The lowest BCUT2D eigenvalue weighted by Crippen LogP contribution is -2.41. The Morgan fingerprint density at radius 1 is 1.27 bits per heavy atom. The van der Waals surface area contributed by atoms with Crippen molar-refractivity contribution >= 4 is 11.6 Å². The summed E-state index contributed by atoms with van der Waals surface area (Å²) in [5.74, 6) is 1.55. The summed E-state index contributed by atoms with van der Waals surface area (Å²) in [6, 6.07) is 6.03. The van der Waals surface area contributed by atoms with Gasteiger partial charge >= 0.3 is 0 Å². The molecule has 3 aromatic heterocycles. The van der Waals surface area contributed by atoms with Gasteiger partial charge in [-0.25, -0.2) is 0 Å². The first-order chi connectivity index (χ1) is 12.6. The van der Waals surface area contributed by atoms with Gasteiger partial charge in [0, 0.05) is 38.6 Å². The van der Waals surface area contributed by atoms with Gasteiger partial charge in [0.15, 0.2) is 17.4 Å². The number of guanidine groups is 1. The number of hydrogen-bond donors (Lipinski definition) is 2. The van der Waals surface area contributed by atoms with Gasteiger partial charge in [-0.15, -0.1) is 10.2 Å². The molecule has 0 bridgehead atoms. The second-order valence-electron chi connectivity index (χ2n) is 6.28. The molecule has 0 saturated heterocycles. The van der Waals surface area contributed by atoms with E-state index in [1.807, 2.05) is 52.9 Å². The fourth-order valence-corrected chi connectivity index (χ4v) is 2.80. The number of aryl methyl sites for hydroxylation is 1. The maximum Gasteiger partial charge on any atom is 0.191 e. The van der Waals surface area contributed by atoms with E-state index in [9.17, 15) is 0 Å². The van der Waals surface area contributed by atoms with E-state index in [2.05, 4.69) is 49.9 Å². The standard InChI is InChI=1S/C17H25N9/c1-18-17(19-10-14(24(2)3)13-9-21-25(4)12-13)20-11-16-23-22-15-7-5-6-8-26(15)16/h5-9,12,14H,10-11H2,1-4H3,(H2,18,19,20). The van der Waals surface area contributed by atoms with Crippen LogP contribution in [0.25, 0.3) is 5.65 Å². The molecule has 0 aliphatic carbocycles. The quantitative estimate of drug-likeness (QED) is 0.493. The monoisotopic (exact) mass is 355 g/mol. The van der Waals surface area contributed by atoms with Gasteiger partial charge in [-0.3, -0.25) is 14.1 Å². The molecule has 3 heterocycles. The minimum absolute atomic E-state index is 0.191. The van der Waals surface area contributed by atoms with Crippen molar-refractivity contribution in [3.05, 3.63) is 48.2 Å². The SMILES string of the molecule is CN=C(NCc1nnc2ccccn12)NCC(c1cnn(C)c1)N(C)C. The van der Waals surface area contributed by atoms with Crippen LogP contribution in [0.4, 0.5) is 0 Å². The van der Waals surface area contributed by atoms with E-state index in [0.29, 0.717) is 19.0 Å². The number of hydrogen-bond acceptors (Lipinski definition) is 5. The minimum atomic E-state index is 0.191. The van der Waals surface area contributed by atoms with Gasteiger partial charge in [0.1, 0.15) is 0 Å². The van der Waals surface area contributed by atoms with Crippen LogP contribution in [0.5, 0.6) is 0 Å². The van der Waals surface area contributed by atoms with Crippen molar-refractivity contribution in [3.8, 4) is 0 Å². The van der Waals surface area contributed by atoms with Crippen LogP contribution in [0.1, 0.15) is 17.4 Å². The molecule has 0 fully saturated rings. The second-order valence-corrected chi connectivity index (χ2v) is 6.28. The first-order valence-electron chi connectivity index (χ1n) is 8.46. The lowest BCUT2D eigenvalue weighted by atomic mass is 10.1. The van der Waals surface area contributed by atoms with E-state index in [1.54, 1.807) is 7.05 Å². The van der Waals surface area contributed by atoms with E-state index >= 15 is 0 Å². The van der Waals surface area contributed by atoms with Gasteiger partial charge in [0.05, 0.1) is 18.8 Å². The zero-order valence-electron chi connectivity index (χ0n) is 15.6. The van der Waals surface area contributed by atoms with Crippen molar-refractivity contribution < 1.29 is 0 Å². The van der Waals surface area contributed by atoms with Crippen LogP contribution in [0.15, 0.2) is 41.8 Å². The molecule has 3 rings (SSSR count). The van der Waals surface area contributed by atoms with Crippen LogP contribution in [-0.4, -0.2) is 62.9 Å². The van der Waals surface area contributed by atoms with Crippen LogP contribution >= 0.6 is 0 Å². The van der Waals surface area contributed by atoms with Crippen LogP contribution in [0, 0.1) is 0 Å². The van der Waals surface area contributed by atoms with Crippen molar-refractivity contribution in [1.82, 2.24) is 39.9 Å². The third kappa shape index (κ3) is 3.99. The molecular weight excluding hydrogens is 330 g/mol. The Morgan fingerprint density at radius 3 is 2.81 bits per heavy atom. The Kier molecular flexibility index (Phi) is 5.47. The number of nitrogens with zero attached hydrogens (tertiary/aromatic N) is 7. The molecule has 0 aromatic carbocycles. The first kappa shape index (κ1) is 17.9. The molecule has 0 saturated carbocycles. The number of likely N-dealkylation sites (N-methyl/N-ethyl adjacent to an activating group) is 1. The number of nitrogens with one attached hydrogen (secondary N) is 2. The maximum absolute atomic E-state index is 4.30. The lowest BCUT2D eigenvalue weighted by molar-refractivity contribution is 0.298. The molecule has 3 aromatic rings. The Hall–Kier alpha value is -2.94. The van der Waals surface area contributed by atoms with Crippen molar-refractivity contribution in [3.63, 3.8) is 0 Å². The summed E-state index contributed by atoms with van der Waals surface area (Å²) < 4.78 is 3.77. The Labute approximate surface area is 152 Å². The fraction of sp³-hybridized carbons (Fsp3) is 0.412. The average Bonchev–Trinajstić information content (AvgIpc) is 3.24. The van der Waals surface area contributed by atoms with Crippen molar-refractivity contribution in [2.24, 2.45) is 12.0 Å². The predicted octanol–water partition coefficient (Wildman–Crippen LogP) is 0.431. The Bertz CT molecular complexity index is 877. The number of rotatable bonds is 6. The van der Waals surface area contributed by atoms with Crippen LogP contribution in [0.3, 0.4) is 0 Å². The average molecular weight is 355 g/mol. The van der Waals surface area contributed by atoms with Crippen molar-refractivity contribution in [2.75, 3.05) is 27.7 Å². The molecule has 1 unspecified atom stereocenters. The number of pyridine rings is 1. The highest BCUT2D eigenvalue weighted by atomic mass is 15.3. The first-order valence-corrected chi connectivity index (χ1v) is 8.46. The normalized spacial score (nSPS) is 13.3. The van der Waals surface area contributed by atoms with Crippen LogP contribution in [0.2, 0.25) is 0 Å². The molecule has 0 amide bonds. The fourth-order valence-electron chi connectivity index (χ4n) is 2.80. The number of fused-ring (bicyclic) bond motifs is 1. The van der Waals surface area contributed by atoms with Crippen molar-refractivity contribution in [1.29, 1.82) is 0 Å². The second kappa shape index (κ2) is 7.96. The minimum Gasteiger partial charge on any atom is -0.354 e. The third-order valence-corrected chi connectivity index (χ3v) is 4.22. The molecule has 2 N–H and O–H groups in total. The molecule has 138 valence electrons. The van der Waals surface area contributed by atoms with E-state index in [0.717, 1.165) is 17.0 Å². The van der Waals surface area contributed by atoms with E-state index in [4.69, 9.17) is 0 Å². The summed E-state index contributed by atoms with van der Waals surface area (Å²) in [4.78, 5) is 6.45. The van der Waals surface area contributed by atoms with Gasteiger partial charge in [-0.2, -0.15) is 5.10 Å². The number of aromatic nitrogens is 5. The summed E-state index contributed by atoms with van der Waals surface area (Å²) in [5, 5.41) is 19.3. The van der Waals surface area contributed by atoms with Gasteiger partial charge in [-0.1, -0.05) is 6.07 Å². The lowest BCUT2D eigenvalue weighted by Gasteiger charge is -2.24. The Balaban J connectivity index is 1.60. The summed E-state index contributed by atoms with van der Waals surface area (Å²) in [6.45, 7) is 1.24. The van der Waals surface area contributed by atoms with Gasteiger partial charge in [0.25, 0.3) is 0 Å². The van der Waals surface area contributed by atoms with Crippen LogP contribution in [-0.2, 0) is 13.6 Å². The summed E-state index contributed by atoms with van der Waals surface area (Å²) in [6.07, 6.45) is 5.88. The van der Waals surface area contributed by atoms with Gasteiger partial charge in [0.2, 0.25) is 0 Å². The molecular formula is C17H25N9. The van der Waals surface area contributed by atoms with E-state index in [-0.39, 0.29) is 6.04 Å². The molecule has 9 heteroatoms. The summed E-state index contributed by atoms with van der Waals surface area (Å²) in [5.41, 5.74) is 1.99. The summed E-state index contributed by atoms with van der Waals surface area (Å²) in [7, 11) is 7.79. The third-order valence-electron chi connectivity index (χ3n) is 4.22. The van der Waals surface area contributed by atoms with Crippen LogP contribution < -0.4 is 10.6 Å². The largest absolute Gasteiger partial charge is 0.354 e. The van der Waals surface area contributed by atoms with E-state index in [1.165, 1.54) is 0 Å². The smallest absolute Gasteiger partial charge is 0.191 e. The molecule has 1 atom stereocenters. The zero-order valence-corrected chi connectivity index (χ0v) is 15.6. The Morgan fingerprint density at radius 2 is 2.12 bits per heavy atom. The maximum atomic E-state index is 4.30. The topological polar surface area (TPSA) is 87.7 Å². The van der Waals surface area contributed by atoms with Gasteiger partial charge < -0.3 is 15.5 Å².